The van der Waals surface area contributed by atoms with Crippen molar-refractivity contribution < 1.29 is 27.5 Å². The summed E-state index contributed by atoms with van der Waals surface area (Å²) < 4.78 is 30.2. The predicted octanol–water partition coefficient (Wildman–Crippen LogP) is 0.0907. The monoisotopic (exact) mass is 304 g/mol. The van der Waals surface area contributed by atoms with Gasteiger partial charge in [0.05, 0.1) is 5.56 Å². The Labute approximate surface area is 116 Å². The Kier molecular flexibility index (Phi) is 5.28. The van der Waals surface area contributed by atoms with Crippen LogP contribution in [0.1, 0.15) is 29.0 Å². The third-order valence-corrected chi connectivity index (χ3v) is 3.79. The second kappa shape index (κ2) is 6.53. The van der Waals surface area contributed by atoms with Gasteiger partial charge in [0.2, 0.25) is 5.09 Å². The van der Waals surface area contributed by atoms with Crippen molar-refractivity contribution in [3.05, 3.63) is 17.4 Å². The molecule has 0 fully saturated rings. The lowest BCUT2D eigenvalue weighted by Gasteiger charge is -2.02. The van der Waals surface area contributed by atoms with Crippen LogP contribution < -0.4 is 10.0 Å². The molecule has 0 aliphatic carbocycles. The number of carboxylic acid groups (broad SMARTS) is 1. The molecule has 0 radical (unpaired) electrons. The number of hydrogen-bond acceptors (Lipinski definition) is 5. The van der Waals surface area contributed by atoms with Gasteiger partial charge < -0.3 is 14.8 Å². The lowest BCUT2D eigenvalue weighted by Crippen LogP contribution is -2.25. The molecule has 0 saturated heterocycles. The predicted molar refractivity (Wildman–Crippen MR) is 68.9 cm³/mol. The lowest BCUT2D eigenvalue weighted by atomic mass is 10.2. The van der Waals surface area contributed by atoms with E-state index in [2.05, 4.69) is 10.0 Å². The van der Waals surface area contributed by atoms with Gasteiger partial charge in [-0.15, -0.1) is 0 Å². The van der Waals surface area contributed by atoms with Crippen LogP contribution in [0.3, 0.4) is 0 Å². The molecule has 0 spiro atoms. The summed E-state index contributed by atoms with van der Waals surface area (Å²) >= 11 is 0. The molecule has 1 rings (SSSR count). The number of aliphatic carboxylic acids is 1. The quantitative estimate of drug-likeness (QED) is 0.613. The summed E-state index contributed by atoms with van der Waals surface area (Å²) in [5.74, 6) is -1.27. The number of nitrogens with one attached hydrogen (secondary N) is 2. The first kappa shape index (κ1) is 16.2. The van der Waals surface area contributed by atoms with E-state index in [4.69, 9.17) is 9.52 Å². The SMILES string of the molecule is CNS(=O)(=O)c1cc(C(=O)NCCCC(=O)O)c(C)o1. The maximum absolute atomic E-state index is 11.8. The molecule has 0 unspecified atom stereocenters. The molecule has 1 amide bonds. The maximum atomic E-state index is 11.8. The van der Waals surface area contributed by atoms with Crippen LogP contribution in [-0.4, -0.2) is 39.0 Å². The van der Waals surface area contributed by atoms with Crippen molar-refractivity contribution in [1.82, 2.24) is 10.0 Å². The van der Waals surface area contributed by atoms with E-state index >= 15 is 0 Å². The molecular formula is C11H16N2O6S. The molecule has 112 valence electrons. The van der Waals surface area contributed by atoms with Gasteiger partial charge in [0.1, 0.15) is 5.76 Å². The highest BCUT2D eigenvalue weighted by Gasteiger charge is 2.22. The molecule has 3 N–H and O–H groups in total. The van der Waals surface area contributed by atoms with Gasteiger partial charge in [-0.1, -0.05) is 0 Å². The fourth-order valence-corrected chi connectivity index (χ4v) is 2.16. The minimum atomic E-state index is -3.74. The van der Waals surface area contributed by atoms with E-state index in [1.165, 1.54) is 14.0 Å². The minimum absolute atomic E-state index is 0.0516. The molecule has 1 aromatic heterocycles. The van der Waals surface area contributed by atoms with E-state index in [1.807, 2.05) is 0 Å². The fraction of sp³-hybridized carbons (Fsp3) is 0.455. The summed E-state index contributed by atoms with van der Waals surface area (Å²) in [6, 6.07) is 1.13. The normalized spacial score (nSPS) is 11.3. The first-order valence-corrected chi connectivity index (χ1v) is 7.30. The van der Waals surface area contributed by atoms with Gasteiger partial charge in [0, 0.05) is 19.0 Å². The van der Waals surface area contributed by atoms with Crippen molar-refractivity contribution in [3.63, 3.8) is 0 Å². The van der Waals surface area contributed by atoms with E-state index in [0.717, 1.165) is 6.07 Å². The number of rotatable bonds is 7. The third kappa shape index (κ3) is 4.07. The summed E-state index contributed by atoms with van der Waals surface area (Å²) in [6.07, 6.45) is 0.240. The molecular weight excluding hydrogens is 288 g/mol. The van der Waals surface area contributed by atoms with Gasteiger partial charge in [0.25, 0.3) is 15.9 Å². The van der Waals surface area contributed by atoms with Crippen molar-refractivity contribution in [2.45, 2.75) is 24.9 Å². The molecule has 0 aliphatic rings. The summed E-state index contributed by atoms with van der Waals surface area (Å²) in [6.45, 7) is 1.66. The Morgan fingerprint density at radius 1 is 1.40 bits per heavy atom. The maximum Gasteiger partial charge on any atom is 0.303 e. The summed E-state index contributed by atoms with van der Waals surface area (Å²) in [7, 11) is -2.51. The molecule has 0 aliphatic heterocycles. The van der Waals surface area contributed by atoms with E-state index in [0.29, 0.717) is 6.42 Å². The smallest absolute Gasteiger partial charge is 0.303 e. The Morgan fingerprint density at radius 3 is 2.60 bits per heavy atom. The van der Waals surface area contributed by atoms with Crippen molar-refractivity contribution in [3.8, 4) is 0 Å². The van der Waals surface area contributed by atoms with Gasteiger partial charge >= 0.3 is 5.97 Å². The molecule has 20 heavy (non-hydrogen) atoms. The molecule has 1 aromatic rings. The number of furan rings is 1. The number of aryl methyl sites for hydroxylation is 1. The van der Waals surface area contributed by atoms with Crippen LogP contribution in [0.2, 0.25) is 0 Å². The number of sulfonamides is 1. The van der Waals surface area contributed by atoms with E-state index in [9.17, 15) is 18.0 Å². The molecule has 1 heterocycles. The van der Waals surface area contributed by atoms with Gasteiger partial charge in [0.15, 0.2) is 0 Å². The van der Waals surface area contributed by atoms with Crippen molar-refractivity contribution >= 4 is 21.9 Å². The number of hydrogen-bond donors (Lipinski definition) is 3. The third-order valence-electron chi connectivity index (χ3n) is 2.53. The highest BCUT2D eigenvalue weighted by atomic mass is 32.2. The second-order valence-corrected chi connectivity index (χ2v) is 5.81. The highest BCUT2D eigenvalue weighted by molar-refractivity contribution is 7.89. The summed E-state index contributed by atoms with van der Waals surface area (Å²) in [5.41, 5.74) is 0.106. The Morgan fingerprint density at radius 2 is 2.05 bits per heavy atom. The summed E-state index contributed by atoms with van der Waals surface area (Å²) in [5, 5.41) is 10.6. The fourth-order valence-electron chi connectivity index (χ4n) is 1.45. The van der Waals surface area contributed by atoms with Gasteiger partial charge in [-0.2, -0.15) is 0 Å². The zero-order chi connectivity index (χ0) is 15.3. The first-order valence-electron chi connectivity index (χ1n) is 5.82. The van der Waals surface area contributed by atoms with Crippen LogP contribution in [0.5, 0.6) is 0 Å². The molecule has 0 saturated carbocycles. The lowest BCUT2D eigenvalue weighted by molar-refractivity contribution is -0.137. The number of amides is 1. The van der Waals surface area contributed by atoms with Gasteiger partial charge in [-0.3, -0.25) is 9.59 Å². The first-order chi connectivity index (χ1) is 9.27. The van der Waals surface area contributed by atoms with Crippen molar-refractivity contribution in [2.75, 3.05) is 13.6 Å². The minimum Gasteiger partial charge on any atom is -0.481 e. The Hall–Kier alpha value is -1.87. The van der Waals surface area contributed by atoms with Crippen LogP contribution in [-0.2, 0) is 14.8 Å². The zero-order valence-corrected chi connectivity index (χ0v) is 11.9. The average Bonchev–Trinajstić information content (AvgIpc) is 2.77. The van der Waals surface area contributed by atoms with Crippen LogP contribution in [0.15, 0.2) is 15.6 Å². The molecule has 0 bridgehead atoms. The van der Waals surface area contributed by atoms with Gasteiger partial charge in [-0.25, -0.2) is 13.1 Å². The number of carboxylic acids is 1. The van der Waals surface area contributed by atoms with E-state index in [1.54, 1.807) is 0 Å². The summed E-state index contributed by atoms with van der Waals surface area (Å²) in [4.78, 5) is 22.1. The second-order valence-electron chi connectivity index (χ2n) is 4.00. The Bertz CT molecular complexity index is 604. The Balaban J connectivity index is 2.72. The number of carbonyl (C=O) groups excluding carboxylic acids is 1. The topological polar surface area (TPSA) is 126 Å². The van der Waals surface area contributed by atoms with Crippen molar-refractivity contribution in [1.29, 1.82) is 0 Å². The van der Waals surface area contributed by atoms with E-state index < -0.39 is 21.9 Å². The standard InChI is InChI=1S/C11H16N2O6S/c1-7-8(6-10(19-7)20(17,18)12-2)11(16)13-5-3-4-9(14)15/h6,12H,3-5H2,1-2H3,(H,13,16)(H,14,15). The van der Waals surface area contributed by atoms with E-state index in [-0.39, 0.29) is 29.4 Å². The largest absolute Gasteiger partial charge is 0.481 e. The molecule has 9 heteroatoms. The van der Waals surface area contributed by atoms with Crippen LogP contribution >= 0.6 is 0 Å². The number of carbonyl (C=O) groups is 2. The molecule has 0 atom stereocenters. The van der Waals surface area contributed by atoms with Crippen molar-refractivity contribution in [2.24, 2.45) is 0 Å². The highest BCUT2D eigenvalue weighted by Crippen LogP contribution is 2.18. The van der Waals surface area contributed by atoms with Gasteiger partial charge in [-0.05, 0) is 20.4 Å². The molecule has 0 aromatic carbocycles. The van der Waals surface area contributed by atoms with Crippen LogP contribution in [0.4, 0.5) is 0 Å². The van der Waals surface area contributed by atoms with Crippen LogP contribution in [0.25, 0.3) is 0 Å². The zero-order valence-electron chi connectivity index (χ0n) is 11.1. The average molecular weight is 304 g/mol. The molecule has 8 nitrogen and oxygen atoms in total. The van der Waals surface area contributed by atoms with Crippen LogP contribution in [0, 0.1) is 6.92 Å².